The largest absolute Gasteiger partial charge is 0.402 e. The molecule has 0 aromatic carbocycles. The Hall–Kier alpha value is -0.420. The summed E-state index contributed by atoms with van der Waals surface area (Å²) in [5.74, 6) is 0. The average molecular weight is 319 g/mol. The fraction of sp³-hybridized carbons (Fsp3) is 1.00. The molecule has 6 nitrogen and oxygen atoms in total. The predicted molar refractivity (Wildman–Crippen MR) is 67.2 cm³/mol. The van der Waals surface area contributed by atoms with Gasteiger partial charge in [0.25, 0.3) is 10.2 Å². The van der Waals surface area contributed by atoms with Crippen molar-refractivity contribution in [1.82, 2.24) is 9.44 Å². The normalized spacial score (nSPS) is 24.8. The van der Waals surface area contributed by atoms with Gasteiger partial charge >= 0.3 is 6.18 Å². The molecule has 1 rings (SSSR count). The van der Waals surface area contributed by atoms with E-state index in [1.165, 1.54) is 4.72 Å². The zero-order valence-corrected chi connectivity index (χ0v) is 11.8. The van der Waals surface area contributed by atoms with E-state index in [4.69, 9.17) is 10.5 Å². The van der Waals surface area contributed by atoms with Gasteiger partial charge in [0.1, 0.15) is 6.54 Å². The van der Waals surface area contributed by atoms with E-state index in [0.29, 0.717) is 0 Å². The Labute approximate surface area is 116 Å². The molecular weight excluding hydrogens is 299 g/mol. The third kappa shape index (κ3) is 8.00. The molecule has 1 saturated carbocycles. The molecule has 0 bridgehead atoms. The monoisotopic (exact) mass is 319 g/mol. The molecule has 0 atom stereocenters. The molecule has 0 aliphatic heterocycles. The Kier molecular flexibility index (Phi) is 6.65. The minimum Gasteiger partial charge on any atom is -0.377 e. The molecule has 1 aliphatic rings. The lowest BCUT2D eigenvalue weighted by Gasteiger charge is -2.26. The van der Waals surface area contributed by atoms with Gasteiger partial charge in [0.05, 0.1) is 12.7 Å². The van der Waals surface area contributed by atoms with E-state index in [9.17, 15) is 21.6 Å². The van der Waals surface area contributed by atoms with Crippen molar-refractivity contribution in [1.29, 1.82) is 0 Å². The smallest absolute Gasteiger partial charge is 0.377 e. The highest BCUT2D eigenvalue weighted by molar-refractivity contribution is 7.87. The first-order chi connectivity index (χ1) is 9.18. The molecule has 0 aromatic rings. The lowest BCUT2D eigenvalue weighted by molar-refractivity contribution is -0.121. The molecule has 20 heavy (non-hydrogen) atoms. The molecule has 4 N–H and O–H groups in total. The van der Waals surface area contributed by atoms with E-state index < -0.39 is 22.9 Å². The maximum atomic E-state index is 11.9. The number of ether oxygens (including phenoxy) is 1. The van der Waals surface area contributed by atoms with Crippen LogP contribution in [0.1, 0.15) is 25.7 Å². The maximum absolute atomic E-state index is 11.9. The predicted octanol–water partition coefficient (Wildman–Crippen LogP) is 0.259. The van der Waals surface area contributed by atoms with Crippen LogP contribution in [0.3, 0.4) is 0 Å². The van der Waals surface area contributed by atoms with Gasteiger partial charge in [-0.2, -0.15) is 31.0 Å². The summed E-state index contributed by atoms with van der Waals surface area (Å²) < 4.78 is 66.8. The number of rotatable bonds is 7. The first kappa shape index (κ1) is 17.6. The molecule has 0 aromatic heterocycles. The molecule has 0 spiro atoms. The van der Waals surface area contributed by atoms with Crippen LogP contribution in [0.5, 0.6) is 0 Å². The summed E-state index contributed by atoms with van der Waals surface area (Å²) in [6.07, 6.45) is -1.16. The van der Waals surface area contributed by atoms with Gasteiger partial charge in [-0.05, 0) is 25.7 Å². The van der Waals surface area contributed by atoms with Crippen LogP contribution in [-0.2, 0) is 14.9 Å². The highest BCUT2D eigenvalue weighted by Crippen LogP contribution is 2.19. The van der Waals surface area contributed by atoms with Crippen molar-refractivity contribution < 1.29 is 26.3 Å². The Bertz CT molecular complexity index is 381. The first-order valence-corrected chi connectivity index (χ1v) is 7.84. The summed E-state index contributed by atoms with van der Waals surface area (Å²) >= 11 is 0. The number of nitrogens with two attached hydrogens (primary N) is 1. The van der Waals surface area contributed by atoms with Crippen LogP contribution >= 0.6 is 0 Å². The Morgan fingerprint density at radius 3 is 2.30 bits per heavy atom. The fourth-order valence-corrected chi connectivity index (χ4v) is 2.69. The van der Waals surface area contributed by atoms with Gasteiger partial charge in [0, 0.05) is 12.6 Å². The summed E-state index contributed by atoms with van der Waals surface area (Å²) in [4.78, 5) is 0. The Balaban J connectivity index is 2.13. The zero-order valence-electron chi connectivity index (χ0n) is 10.9. The second-order valence-electron chi connectivity index (χ2n) is 4.74. The van der Waals surface area contributed by atoms with Crippen LogP contribution in [0.15, 0.2) is 0 Å². The van der Waals surface area contributed by atoms with Crippen LogP contribution in [0.25, 0.3) is 0 Å². The number of hydrogen-bond acceptors (Lipinski definition) is 4. The first-order valence-electron chi connectivity index (χ1n) is 6.36. The molecule has 0 radical (unpaired) electrons. The van der Waals surface area contributed by atoms with E-state index >= 15 is 0 Å². The Morgan fingerprint density at radius 2 is 1.75 bits per heavy atom. The molecule has 0 amide bonds. The maximum Gasteiger partial charge on any atom is 0.402 e. The topological polar surface area (TPSA) is 93.4 Å². The molecule has 0 unspecified atom stereocenters. The Morgan fingerprint density at radius 1 is 1.15 bits per heavy atom. The SMILES string of the molecule is NC1CCC(OCCNS(=O)(=O)NCC(F)(F)F)CC1. The van der Waals surface area contributed by atoms with E-state index in [2.05, 4.69) is 0 Å². The van der Waals surface area contributed by atoms with E-state index in [1.807, 2.05) is 4.72 Å². The molecule has 10 heteroatoms. The van der Waals surface area contributed by atoms with Crippen molar-refractivity contribution in [3.8, 4) is 0 Å². The van der Waals surface area contributed by atoms with Crippen LogP contribution < -0.4 is 15.2 Å². The second kappa shape index (κ2) is 7.55. The molecule has 120 valence electrons. The highest BCUT2D eigenvalue weighted by atomic mass is 32.2. The summed E-state index contributed by atoms with van der Waals surface area (Å²) in [7, 11) is -4.15. The van der Waals surface area contributed by atoms with Crippen LogP contribution in [0.2, 0.25) is 0 Å². The molecule has 1 aliphatic carbocycles. The molecule has 0 saturated heterocycles. The van der Waals surface area contributed by atoms with Gasteiger partial charge in [0.15, 0.2) is 0 Å². The number of nitrogens with one attached hydrogen (secondary N) is 2. The number of hydrogen-bond donors (Lipinski definition) is 3. The van der Waals surface area contributed by atoms with Crippen LogP contribution in [-0.4, -0.2) is 46.4 Å². The molecular formula is C10H20F3N3O3S. The van der Waals surface area contributed by atoms with Gasteiger partial charge in [-0.25, -0.2) is 0 Å². The third-order valence-corrected chi connectivity index (χ3v) is 4.04. The number of alkyl halides is 3. The summed E-state index contributed by atoms with van der Waals surface area (Å²) in [6, 6.07) is 0.194. The third-order valence-electron chi connectivity index (χ3n) is 2.93. The zero-order chi connectivity index (χ0) is 15.2. The van der Waals surface area contributed by atoms with Crippen LogP contribution in [0.4, 0.5) is 13.2 Å². The molecule has 1 fully saturated rings. The highest BCUT2D eigenvalue weighted by Gasteiger charge is 2.29. The van der Waals surface area contributed by atoms with Crippen molar-refractivity contribution in [2.45, 2.75) is 44.0 Å². The van der Waals surface area contributed by atoms with Gasteiger partial charge in [-0.15, -0.1) is 0 Å². The van der Waals surface area contributed by atoms with Gasteiger partial charge in [0.2, 0.25) is 0 Å². The lowest BCUT2D eigenvalue weighted by atomic mass is 9.94. The fourth-order valence-electron chi connectivity index (χ4n) is 1.88. The summed E-state index contributed by atoms with van der Waals surface area (Å²) in [5, 5.41) is 0. The minimum absolute atomic E-state index is 0.0439. The minimum atomic E-state index is -4.58. The lowest BCUT2D eigenvalue weighted by Crippen LogP contribution is -2.42. The number of halogens is 3. The van der Waals surface area contributed by atoms with Crippen molar-refractivity contribution >= 4 is 10.2 Å². The van der Waals surface area contributed by atoms with Gasteiger partial charge < -0.3 is 10.5 Å². The average Bonchev–Trinajstić information content (AvgIpc) is 2.34. The molecule has 0 heterocycles. The van der Waals surface area contributed by atoms with E-state index in [0.717, 1.165) is 25.7 Å². The van der Waals surface area contributed by atoms with E-state index in [1.54, 1.807) is 0 Å². The van der Waals surface area contributed by atoms with Gasteiger partial charge in [-0.3, -0.25) is 0 Å². The van der Waals surface area contributed by atoms with Crippen molar-refractivity contribution in [2.75, 3.05) is 19.7 Å². The van der Waals surface area contributed by atoms with E-state index in [-0.39, 0.29) is 25.3 Å². The van der Waals surface area contributed by atoms with Crippen molar-refractivity contribution in [2.24, 2.45) is 5.73 Å². The standard InChI is InChI=1S/C10H20F3N3O3S/c11-10(12,13)7-16-20(17,18)15-5-6-19-9-3-1-8(14)2-4-9/h8-9,15-16H,1-7,14H2. The quantitative estimate of drug-likeness (QED) is 0.587. The van der Waals surface area contributed by atoms with Gasteiger partial charge in [-0.1, -0.05) is 0 Å². The van der Waals surface area contributed by atoms with Crippen LogP contribution in [0, 0.1) is 0 Å². The summed E-state index contributed by atoms with van der Waals surface area (Å²) in [5.41, 5.74) is 5.73. The summed E-state index contributed by atoms with van der Waals surface area (Å²) in [6.45, 7) is -1.55. The van der Waals surface area contributed by atoms with Crippen molar-refractivity contribution in [3.05, 3.63) is 0 Å². The second-order valence-corrected chi connectivity index (χ2v) is 6.33. The van der Waals surface area contributed by atoms with Crippen molar-refractivity contribution in [3.63, 3.8) is 0 Å².